The van der Waals surface area contributed by atoms with E-state index >= 15 is 0 Å². The maximum Gasteiger partial charge on any atom is 0.253 e. The van der Waals surface area contributed by atoms with Gasteiger partial charge in [0.1, 0.15) is 0 Å². The molecule has 3 rings (SSSR count). The number of benzene rings is 2. The first-order chi connectivity index (χ1) is 14.8. The van der Waals surface area contributed by atoms with Crippen molar-refractivity contribution in [2.24, 2.45) is 4.99 Å². The number of hydrogen-bond donors (Lipinski definition) is 2. The summed E-state index contributed by atoms with van der Waals surface area (Å²) >= 11 is 1.83. The molecule has 0 bridgehead atoms. The highest BCUT2D eigenvalue weighted by molar-refractivity contribution is 7.99. The van der Waals surface area contributed by atoms with Crippen LogP contribution < -0.4 is 10.6 Å². The van der Waals surface area contributed by atoms with E-state index in [0.717, 1.165) is 61.9 Å². The highest BCUT2D eigenvalue weighted by Gasteiger charge is 2.17. The number of carbonyl (C=O) groups excluding carboxylic acids is 1. The Bertz CT molecular complexity index is 802. The van der Waals surface area contributed by atoms with Gasteiger partial charge >= 0.3 is 0 Å². The number of carbonyl (C=O) groups is 1. The molecular weight excluding hydrogens is 392 g/mol. The molecule has 6 heteroatoms. The van der Waals surface area contributed by atoms with Gasteiger partial charge in [0.05, 0.1) is 6.54 Å². The molecule has 160 valence electrons. The van der Waals surface area contributed by atoms with Crippen LogP contribution in [0.5, 0.6) is 0 Å². The van der Waals surface area contributed by atoms with Crippen molar-refractivity contribution in [3.63, 3.8) is 0 Å². The average molecular weight is 425 g/mol. The van der Waals surface area contributed by atoms with Crippen LogP contribution in [0.15, 0.2) is 64.5 Å². The van der Waals surface area contributed by atoms with E-state index in [4.69, 9.17) is 0 Å². The van der Waals surface area contributed by atoms with E-state index < -0.39 is 0 Å². The van der Waals surface area contributed by atoms with Gasteiger partial charge in [0.2, 0.25) is 0 Å². The van der Waals surface area contributed by atoms with Gasteiger partial charge in [0.15, 0.2) is 5.96 Å². The first kappa shape index (κ1) is 22.2. The summed E-state index contributed by atoms with van der Waals surface area (Å²) in [6, 6.07) is 18.3. The number of aliphatic imine (C=N–C) groups is 1. The van der Waals surface area contributed by atoms with Gasteiger partial charge in [-0.3, -0.25) is 4.79 Å². The van der Waals surface area contributed by atoms with Crippen LogP contribution in [0.4, 0.5) is 0 Å². The Morgan fingerprint density at radius 3 is 2.43 bits per heavy atom. The number of rotatable bonds is 8. The normalized spacial score (nSPS) is 14.4. The molecule has 5 nitrogen and oxygen atoms in total. The topological polar surface area (TPSA) is 56.7 Å². The van der Waals surface area contributed by atoms with Gasteiger partial charge in [-0.25, -0.2) is 4.99 Å². The van der Waals surface area contributed by atoms with Gasteiger partial charge in [-0.15, -0.1) is 11.8 Å². The highest BCUT2D eigenvalue weighted by Crippen LogP contribution is 2.16. The number of hydrogen-bond acceptors (Lipinski definition) is 3. The second-order valence-corrected chi connectivity index (χ2v) is 8.50. The monoisotopic (exact) mass is 424 g/mol. The van der Waals surface area contributed by atoms with Crippen LogP contribution in [0.2, 0.25) is 0 Å². The summed E-state index contributed by atoms with van der Waals surface area (Å²) in [6.07, 6.45) is 3.46. The molecule has 0 aromatic heterocycles. The van der Waals surface area contributed by atoms with Gasteiger partial charge in [0, 0.05) is 42.4 Å². The van der Waals surface area contributed by atoms with E-state index in [9.17, 15) is 4.79 Å². The molecule has 0 saturated carbocycles. The largest absolute Gasteiger partial charge is 0.357 e. The number of nitrogens with one attached hydrogen (secondary N) is 2. The molecule has 0 radical (unpaired) electrons. The summed E-state index contributed by atoms with van der Waals surface area (Å²) in [6.45, 7) is 6.07. The standard InChI is InChI=1S/C24H32N4OS/c1-2-25-24(26-15-18-30-22-9-5-3-6-10-22)27-19-20-11-13-21(14-12-20)23(29)28-16-7-4-8-17-28/h3,5-6,9-14H,2,4,7-8,15-19H2,1H3,(H2,25,26,27). The lowest BCUT2D eigenvalue weighted by atomic mass is 10.1. The third-order valence-corrected chi connectivity index (χ3v) is 6.03. The minimum absolute atomic E-state index is 0.149. The zero-order chi connectivity index (χ0) is 21.0. The van der Waals surface area contributed by atoms with Crippen LogP contribution >= 0.6 is 11.8 Å². The zero-order valence-electron chi connectivity index (χ0n) is 17.8. The Labute approximate surface area is 184 Å². The van der Waals surface area contributed by atoms with Crippen molar-refractivity contribution >= 4 is 23.6 Å². The van der Waals surface area contributed by atoms with E-state index in [0.29, 0.717) is 6.54 Å². The fourth-order valence-corrected chi connectivity index (χ4v) is 4.19. The smallest absolute Gasteiger partial charge is 0.253 e. The van der Waals surface area contributed by atoms with E-state index in [2.05, 4.69) is 46.8 Å². The molecule has 2 aromatic rings. The molecule has 0 aliphatic carbocycles. The summed E-state index contributed by atoms with van der Waals surface area (Å²) in [5.41, 5.74) is 1.87. The molecule has 30 heavy (non-hydrogen) atoms. The van der Waals surface area contributed by atoms with Crippen LogP contribution in [0, 0.1) is 0 Å². The molecule has 1 heterocycles. The molecule has 1 fully saturated rings. The first-order valence-electron chi connectivity index (χ1n) is 10.8. The van der Waals surface area contributed by atoms with Gasteiger partial charge in [-0.2, -0.15) is 0 Å². The van der Waals surface area contributed by atoms with E-state index in [1.807, 2.05) is 47.0 Å². The molecule has 1 saturated heterocycles. The van der Waals surface area contributed by atoms with Crippen molar-refractivity contribution < 1.29 is 4.79 Å². The maximum absolute atomic E-state index is 12.6. The fraction of sp³-hybridized carbons (Fsp3) is 0.417. The maximum atomic E-state index is 12.6. The lowest BCUT2D eigenvalue weighted by molar-refractivity contribution is 0.0724. The lowest BCUT2D eigenvalue weighted by Crippen LogP contribution is -2.38. The molecule has 2 N–H and O–H groups in total. The van der Waals surface area contributed by atoms with Crippen molar-refractivity contribution in [2.45, 2.75) is 37.6 Å². The minimum atomic E-state index is 0.149. The molecule has 1 aliphatic heterocycles. The summed E-state index contributed by atoms with van der Waals surface area (Å²) in [4.78, 5) is 20.5. The number of amides is 1. The van der Waals surface area contributed by atoms with Crippen molar-refractivity contribution in [1.29, 1.82) is 0 Å². The molecular formula is C24H32N4OS. The summed E-state index contributed by atoms with van der Waals surface area (Å²) in [5, 5.41) is 6.68. The van der Waals surface area contributed by atoms with Crippen molar-refractivity contribution in [3.8, 4) is 0 Å². The molecule has 0 unspecified atom stereocenters. The molecule has 2 aromatic carbocycles. The molecule has 0 spiro atoms. The number of nitrogens with zero attached hydrogens (tertiary/aromatic N) is 2. The van der Waals surface area contributed by atoms with Gasteiger partial charge < -0.3 is 15.5 Å². The Morgan fingerprint density at radius 1 is 1.00 bits per heavy atom. The molecule has 0 atom stereocenters. The van der Waals surface area contributed by atoms with Crippen molar-refractivity contribution in [3.05, 3.63) is 65.7 Å². The summed E-state index contributed by atoms with van der Waals surface area (Å²) in [5.74, 6) is 1.94. The average Bonchev–Trinajstić information content (AvgIpc) is 2.81. The van der Waals surface area contributed by atoms with Crippen LogP contribution in [0.1, 0.15) is 42.1 Å². The number of piperidine rings is 1. The van der Waals surface area contributed by atoms with Crippen molar-refractivity contribution in [2.75, 3.05) is 31.9 Å². The van der Waals surface area contributed by atoms with Gasteiger partial charge in [-0.1, -0.05) is 30.3 Å². The molecule has 1 aliphatic rings. The Balaban J connectivity index is 1.48. The predicted molar refractivity (Wildman–Crippen MR) is 126 cm³/mol. The second kappa shape index (κ2) is 12.3. The van der Waals surface area contributed by atoms with Crippen molar-refractivity contribution in [1.82, 2.24) is 15.5 Å². The van der Waals surface area contributed by atoms with Gasteiger partial charge in [0.25, 0.3) is 5.91 Å². The Hall–Kier alpha value is -2.47. The summed E-state index contributed by atoms with van der Waals surface area (Å²) < 4.78 is 0. The van der Waals surface area contributed by atoms with Gasteiger partial charge in [-0.05, 0) is 56.0 Å². The number of likely N-dealkylation sites (tertiary alicyclic amines) is 1. The van der Waals surface area contributed by atoms with E-state index in [1.54, 1.807) is 0 Å². The number of thioether (sulfide) groups is 1. The highest BCUT2D eigenvalue weighted by atomic mass is 32.2. The number of guanidine groups is 1. The van der Waals surface area contributed by atoms with Crippen LogP contribution in [0.3, 0.4) is 0 Å². The third kappa shape index (κ3) is 7.10. The third-order valence-electron chi connectivity index (χ3n) is 5.01. The summed E-state index contributed by atoms with van der Waals surface area (Å²) in [7, 11) is 0. The van der Waals surface area contributed by atoms with E-state index in [1.165, 1.54) is 11.3 Å². The predicted octanol–water partition coefficient (Wildman–Crippen LogP) is 4.16. The Kier molecular flexibility index (Phi) is 9.09. The SMILES string of the molecule is CCNC(=NCc1ccc(C(=O)N2CCCCC2)cc1)NCCSc1ccccc1. The Morgan fingerprint density at radius 2 is 1.73 bits per heavy atom. The van der Waals surface area contributed by atoms with E-state index in [-0.39, 0.29) is 5.91 Å². The first-order valence-corrected chi connectivity index (χ1v) is 11.8. The molecule has 1 amide bonds. The fourth-order valence-electron chi connectivity index (χ4n) is 3.40. The zero-order valence-corrected chi connectivity index (χ0v) is 18.6. The minimum Gasteiger partial charge on any atom is -0.357 e. The quantitative estimate of drug-likeness (QED) is 0.289. The van der Waals surface area contributed by atoms with Crippen LogP contribution in [-0.2, 0) is 6.54 Å². The second-order valence-electron chi connectivity index (χ2n) is 7.33. The van der Waals surface area contributed by atoms with Crippen LogP contribution in [0.25, 0.3) is 0 Å². The lowest BCUT2D eigenvalue weighted by Gasteiger charge is -2.26. The van der Waals surface area contributed by atoms with Crippen LogP contribution in [-0.4, -0.2) is 48.7 Å².